The van der Waals surface area contributed by atoms with Crippen LogP contribution in [0.1, 0.15) is 12.6 Å². The predicted octanol–water partition coefficient (Wildman–Crippen LogP) is -0.0893. The lowest BCUT2D eigenvalue weighted by molar-refractivity contribution is -0.883. The zero-order valence-corrected chi connectivity index (χ0v) is 19.2. The molecule has 0 spiro atoms. The summed E-state index contributed by atoms with van der Waals surface area (Å²) in [5, 5.41) is 17.4. The Labute approximate surface area is 187 Å². The number of carbonyl (C=O) groups excluding carboxylic acids is 2. The van der Waals surface area contributed by atoms with Crippen LogP contribution in [-0.2, 0) is 19.2 Å². The van der Waals surface area contributed by atoms with Gasteiger partial charge in [-0.05, 0) is 6.92 Å². The number of quaternary nitrogens is 1. The molecule has 0 radical (unpaired) electrons. The first-order chi connectivity index (χ1) is 14.6. The first-order valence-electron chi connectivity index (χ1n) is 9.45. The smallest absolute Gasteiger partial charge is 0.352 e. The molecule has 1 aromatic rings. The molecule has 2 atom stereocenters. The highest BCUT2D eigenvalue weighted by Crippen LogP contribution is 2.40. The maximum atomic E-state index is 12.8. The SMILES string of the molecule is CC[N+](C)(C)CC1=C(C(=O)O)N2C(=O)C(NC(=O)/C(=N\OC)c3csc(N)n3)C2SC1. The van der Waals surface area contributed by atoms with E-state index in [2.05, 4.69) is 15.5 Å². The monoisotopic (exact) mass is 469 g/mol. The number of nitrogens with zero attached hydrogens (tertiary/aromatic N) is 4. The van der Waals surface area contributed by atoms with Gasteiger partial charge in [-0.3, -0.25) is 14.5 Å². The van der Waals surface area contributed by atoms with E-state index in [1.54, 1.807) is 5.38 Å². The molecule has 4 N–H and O–H groups in total. The maximum absolute atomic E-state index is 12.8. The Morgan fingerprint density at radius 2 is 2.19 bits per heavy atom. The molecule has 168 valence electrons. The summed E-state index contributed by atoms with van der Waals surface area (Å²) in [5.74, 6) is -1.81. The Bertz CT molecular complexity index is 972. The van der Waals surface area contributed by atoms with E-state index in [0.717, 1.165) is 17.9 Å². The van der Waals surface area contributed by atoms with Crippen molar-refractivity contribution in [3.8, 4) is 0 Å². The highest BCUT2D eigenvalue weighted by Gasteiger charge is 2.54. The van der Waals surface area contributed by atoms with Crippen molar-refractivity contribution < 1.29 is 28.8 Å². The molecule has 1 saturated heterocycles. The number of β-lactam (4-membered cyclic amide) rings is 1. The second kappa shape index (κ2) is 8.85. The number of aromatic nitrogens is 1. The summed E-state index contributed by atoms with van der Waals surface area (Å²) >= 11 is 2.57. The van der Waals surface area contributed by atoms with Gasteiger partial charge in [0.2, 0.25) is 0 Å². The number of carboxylic acids is 1. The van der Waals surface area contributed by atoms with Gasteiger partial charge in [-0.1, -0.05) is 5.16 Å². The van der Waals surface area contributed by atoms with Crippen LogP contribution in [-0.4, -0.2) is 94.4 Å². The minimum atomic E-state index is -1.14. The third-order valence-corrected chi connectivity index (χ3v) is 7.19. The molecule has 3 rings (SSSR count). The minimum absolute atomic E-state index is 0.0111. The third-order valence-electron chi connectivity index (χ3n) is 5.17. The van der Waals surface area contributed by atoms with Crippen LogP contribution in [0.2, 0.25) is 0 Å². The number of fused-ring (bicyclic) bond motifs is 1. The third kappa shape index (κ3) is 4.52. The fourth-order valence-electron chi connectivity index (χ4n) is 3.34. The van der Waals surface area contributed by atoms with Crippen molar-refractivity contribution in [2.45, 2.75) is 18.3 Å². The number of likely N-dealkylation sites (N-methyl/N-ethyl adjacent to an activating group) is 1. The van der Waals surface area contributed by atoms with Crippen LogP contribution in [0.3, 0.4) is 0 Å². The molecular weight excluding hydrogens is 444 g/mol. The highest BCUT2D eigenvalue weighted by atomic mass is 32.2. The number of amides is 2. The Hall–Kier alpha value is -2.64. The van der Waals surface area contributed by atoms with Crippen molar-refractivity contribution in [2.24, 2.45) is 5.16 Å². The zero-order chi connectivity index (χ0) is 22.9. The summed E-state index contributed by atoms with van der Waals surface area (Å²) < 4.78 is 0.604. The van der Waals surface area contributed by atoms with Gasteiger partial charge in [0.15, 0.2) is 10.8 Å². The molecule has 31 heavy (non-hydrogen) atoms. The molecule has 2 aliphatic heterocycles. The van der Waals surface area contributed by atoms with Gasteiger partial charge >= 0.3 is 5.97 Å². The molecule has 2 unspecified atom stereocenters. The van der Waals surface area contributed by atoms with E-state index >= 15 is 0 Å². The topological polar surface area (TPSA) is 147 Å². The Balaban J connectivity index is 1.80. The largest absolute Gasteiger partial charge is 0.477 e. The van der Waals surface area contributed by atoms with Gasteiger partial charge in [0.25, 0.3) is 11.8 Å². The average molecular weight is 470 g/mol. The maximum Gasteiger partial charge on any atom is 0.352 e. The lowest BCUT2D eigenvalue weighted by atomic mass is 10.0. The number of oxime groups is 1. The van der Waals surface area contributed by atoms with E-state index < -0.39 is 29.2 Å². The van der Waals surface area contributed by atoms with Crippen LogP contribution in [0.25, 0.3) is 0 Å². The predicted molar refractivity (Wildman–Crippen MR) is 117 cm³/mol. The van der Waals surface area contributed by atoms with Crippen molar-refractivity contribution >= 4 is 51.7 Å². The summed E-state index contributed by atoms with van der Waals surface area (Å²) in [6, 6.07) is -0.875. The van der Waals surface area contributed by atoms with E-state index in [-0.39, 0.29) is 22.2 Å². The van der Waals surface area contributed by atoms with Crippen LogP contribution in [0, 0.1) is 0 Å². The Morgan fingerprint density at radius 3 is 2.74 bits per heavy atom. The van der Waals surface area contributed by atoms with Crippen LogP contribution in [0.15, 0.2) is 21.8 Å². The molecule has 11 nitrogen and oxygen atoms in total. The van der Waals surface area contributed by atoms with Gasteiger partial charge in [0.1, 0.15) is 36.5 Å². The van der Waals surface area contributed by atoms with Crippen LogP contribution in [0.4, 0.5) is 5.13 Å². The summed E-state index contributed by atoms with van der Waals surface area (Å²) in [4.78, 5) is 47.6. The second-order valence-corrected chi connectivity index (χ2v) is 9.72. The number of anilines is 1. The molecule has 0 saturated carbocycles. The van der Waals surface area contributed by atoms with Gasteiger partial charge in [-0.2, -0.15) is 0 Å². The van der Waals surface area contributed by atoms with Crippen molar-refractivity contribution in [2.75, 3.05) is 45.8 Å². The van der Waals surface area contributed by atoms with E-state index in [4.69, 9.17) is 10.6 Å². The first-order valence-corrected chi connectivity index (χ1v) is 11.4. The number of nitrogen functional groups attached to an aromatic ring is 1. The molecule has 1 aromatic heterocycles. The van der Waals surface area contributed by atoms with Crippen molar-refractivity contribution in [1.29, 1.82) is 0 Å². The summed E-state index contributed by atoms with van der Waals surface area (Å²) in [5.41, 5.74) is 6.46. The lowest BCUT2D eigenvalue weighted by Gasteiger charge is -2.49. The number of rotatable bonds is 8. The molecule has 13 heteroatoms. The molecule has 0 aromatic carbocycles. The van der Waals surface area contributed by atoms with Crippen LogP contribution >= 0.6 is 23.1 Å². The average Bonchev–Trinajstić information content (AvgIpc) is 3.15. The van der Waals surface area contributed by atoms with E-state index in [9.17, 15) is 19.5 Å². The van der Waals surface area contributed by atoms with Gasteiger partial charge in [-0.15, -0.1) is 23.1 Å². The zero-order valence-electron chi connectivity index (χ0n) is 17.6. The minimum Gasteiger partial charge on any atom is -0.477 e. The second-order valence-electron chi connectivity index (χ2n) is 7.72. The number of hydrogen-bond acceptors (Lipinski definition) is 9. The van der Waals surface area contributed by atoms with Gasteiger partial charge in [-0.25, -0.2) is 9.78 Å². The highest BCUT2D eigenvalue weighted by molar-refractivity contribution is 8.00. The summed E-state index contributed by atoms with van der Waals surface area (Å²) in [6.45, 7) is 3.36. The molecule has 0 bridgehead atoms. The Morgan fingerprint density at radius 1 is 1.48 bits per heavy atom. The standard InChI is InChI=1S/C18H24N6O5S2/c1-5-24(2,3)6-9-7-30-16-12(15(26)23(16)13(9)17(27)28)21-14(25)11(22-29-4)10-8-31-18(19)20-10/h8,12,16H,5-7H2,1-4H3,(H3-,19,20,21,25,27,28)/p+1/b22-11-. The van der Waals surface area contributed by atoms with E-state index in [1.807, 2.05) is 21.0 Å². The van der Waals surface area contributed by atoms with E-state index in [1.165, 1.54) is 23.8 Å². The number of hydrogen-bond donors (Lipinski definition) is 3. The molecule has 0 aliphatic carbocycles. The number of nitrogens with one attached hydrogen (secondary N) is 1. The van der Waals surface area contributed by atoms with Crippen LogP contribution < -0.4 is 11.1 Å². The number of thioether (sulfide) groups is 1. The van der Waals surface area contributed by atoms with E-state index in [0.29, 0.717) is 22.4 Å². The normalized spacial score (nSPS) is 21.5. The quantitative estimate of drug-likeness (QED) is 0.207. The van der Waals surface area contributed by atoms with Crippen LogP contribution in [0.5, 0.6) is 0 Å². The summed E-state index contributed by atoms with van der Waals surface area (Å²) in [6.07, 6.45) is 0. The van der Waals surface area contributed by atoms with Crippen molar-refractivity contribution in [3.63, 3.8) is 0 Å². The first kappa shape index (κ1) is 23.0. The van der Waals surface area contributed by atoms with Gasteiger partial charge in [0.05, 0.1) is 20.6 Å². The number of thiazole rings is 1. The molecule has 3 heterocycles. The van der Waals surface area contributed by atoms with Gasteiger partial charge in [0, 0.05) is 16.7 Å². The lowest BCUT2D eigenvalue weighted by Crippen LogP contribution is -2.71. The number of aliphatic carboxylic acids is 1. The van der Waals surface area contributed by atoms with Gasteiger partial charge < -0.3 is 25.5 Å². The van der Waals surface area contributed by atoms with Crippen molar-refractivity contribution in [1.82, 2.24) is 15.2 Å². The number of carbonyl (C=O) groups is 3. The molecular formula is C18H25N6O5S2+. The van der Waals surface area contributed by atoms with Crippen molar-refractivity contribution in [3.05, 3.63) is 22.3 Å². The molecule has 1 fully saturated rings. The number of nitrogens with two attached hydrogens (primary N) is 1. The number of carboxylic acid groups (broad SMARTS) is 1. The summed E-state index contributed by atoms with van der Waals surface area (Å²) in [7, 11) is 5.30. The molecule has 2 aliphatic rings. The Kier molecular flexibility index (Phi) is 6.57. The molecule has 2 amide bonds. The fraction of sp³-hybridized carbons (Fsp3) is 0.500. The fourth-order valence-corrected chi connectivity index (χ4v) is 5.22.